The van der Waals surface area contributed by atoms with E-state index in [1.54, 1.807) is 0 Å². The van der Waals surface area contributed by atoms with E-state index in [0.29, 0.717) is 5.02 Å². The van der Waals surface area contributed by atoms with Crippen molar-refractivity contribution in [1.82, 2.24) is 0 Å². The Morgan fingerprint density at radius 2 is 2.10 bits per heavy atom. The molecule has 0 bridgehead atoms. The molecule has 1 rings (SSSR count). The van der Waals surface area contributed by atoms with Crippen molar-refractivity contribution in [3.63, 3.8) is 0 Å². The maximum absolute atomic E-state index is 9.27. The molecule has 0 aliphatic carbocycles. The van der Waals surface area contributed by atoms with Crippen molar-refractivity contribution in [3.05, 3.63) is 22.7 Å². The van der Waals surface area contributed by atoms with Gasteiger partial charge in [-0.15, -0.1) is 0 Å². The number of halogens is 1. The molecule has 1 unspecified atom stereocenters. The van der Waals surface area contributed by atoms with Gasteiger partial charge in [-0.05, 0) is 0 Å². The summed E-state index contributed by atoms with van der Waals surface area (Å²) in [5.41, 5.74) is 0.825. The van der Waals surface area contributed by atoms with Gasteiger partial charge in [0.2, 0.25) is 0 Å². The molecule has 54 valence electrons. The molecule has 0 amide bonds. The first-order chi connectivity index (χ1) is 4.63. The van der Waals surface area contributed by atoms with Crippen LogP contribution in [0.2, 0.25) is 5.02 Å². The standard InChI is InChI=1S/C7H8AsClO/c1-4-2-3-5(8)6(9)7(4)10/h2-3,10H,8H2,1H3. The van der Waals surface area contributed by atoms with Gasteiger partial charge in [-0.3, -0.25) is 0 Å². The molecule has 1 nitrogen and oxygen atoms in total. The minimum atomic E-state index is 0.212. The second-order valence-electron chi connectivity index (χ2n) is 2.13. The van der Waals surface area contributed by atoms with Gasteiger partial charge in [0.05, 0.1) is 0 Å². The van der Waals surface area contributed by atoms with Gasteiger partial charge in [0.15, 0.2) is 0 Å². The van der Waals surface area contributed by atoms with Gasteiger partial charge in [-0.1, -0.05) is 0 Å². The zero-order valence-electron chi connectivity index (χ0n) is 5.56. The van der Waals surface area contributed by atoms with Crippen molar-refractivity contribution < 1.29 is 5.11 Å². The first-order valence-corrected chi connectivity index (χ1v) is 4.45. The monoisotopic (exact) mass is 218 g/mol. The minimum absolute atomic E-state index is 0.212. The van der Waals surface area contributed by atoms with E-state index in [4.69, 9.17) is 11.6 Å². The zero-order chi connectivity index (χ0) is 7.72. The average Bonchev–Trinajstić information content (AvgIpc) is 1.93. The summed E-state index contributed by atoms with van der Waals surface area (Å²) in [5, 5.41) is 9.75. The van der Waals surface area contributed by atoms with E-state index in [-0.39, 0.29) is 5.75 Å². The fourth-order valence-electron chi connectivity index (χ4n) is 0.677. The van der Waals surface area contributed by atoms with Gasteiger partial charge in [0.1, 0.15) is 0 Å². The Labute approximate surface area is 73.5 Å². The fourth-order valence-corrected chi connectivity index (χ4v) is 1.38. The van der Waals surface area contributed by atoms with Crippen LogP contribution in [0.1, 0.15) is 5.56 Å². The van der Waals surface area contributed by atoms with Crippen LogP contribution in [0.4, 0.5) is 0 Å². The Morgan fingerprint density at radius 1 is 1.50 bits per heavy atom. The van der Waals surface area contributed by atoms with E-state index in [0.717, 1.165) is 9.91 Å². The molecular weight excluding hydrogens is 210 g/mol. The Morgan fingerprint density at radius 3 is 2.60 bits per heavy atom. The molecule has 0 saturated carbocycles. The molecule has 0 spiro atoms. The summed E-state index contributed by atoms with van der Waals surface area (Å²) in [5.74, 6) is 0.212. The number of hydrogen-bond acceptors (Lipinski definition) is 1. The van der Waals surface area contributed by atoms with Crippen LogP contribution in [0.3, 0.4) is 0 Å². The number of hydrogen-bond donors (Lipinski definition) is 1. The summed E-state index contributed by atoms with van der Waals surface area (Å²) < 4.78 is 0.970. The molecule has 1 aromatic rings. The number of aromatic hydroxyl groups is 1. The zero-order valence-corrected chi connectivity index (χ0v) is 8.74. The Balaban J connectivity index is 3.34. The first kappa shape index (κ1) is 7.97. The van der Waals surface area contributed by atoms with E-state index in [1.807, 2.05) is 19.1 Å². The average molecular weight is 219 g/mol. The van der Waals surface area contributed by atoms with Crippen LogP contribution in [0, 0.1) is 6.92 Å². The Hall–Kier alpha value is -0.132. The second kappa shape index (κ2) is 2.85. The number of phenols is 1. The molecule has 3 heteroatoms. The van der Waals surface area contributed by atoms with E-state index >= 15 is 0 Å². The third-order valence-electron chi connectivity index (χ3n) is 1.35. The third kappa shape index (κ3) is 1.30. The van der Waals surface area contributed by atoms with E-state index < -0.39 is 0 Å². The molecule has 1 aromatic carbocycles. The molecule has 0 aliphatic rings. The van der Waals surface area contributed by atoms with Gasteiger partial charge in [-0.25, -0.2) is 0 Å². The van der Waals surface area contributed by atoms with E-state index in [9.17, 15) is 5.11 Å². The van der Waals surface area contributed by atoms with E-state index in [1.165, 1.54) is 16.9 Å². The van der Waals surface area contributed by atoms with Crippen LogP contribution in [0.25, 0.3) is 0 Å². The summed E-state index contributed by atoms with van der Waals surface area (Å²) in [6.07, 6.45) is 0. The summed E-state index contributed by atoms with van der Waals surface area (Å²) in [4.78, 5) is 0. The first-order valence-electron chi connectivity index (χ1n) is 2.86. The van der Waals surface area contributed by atoms with Gasteiger partial charge < -0.3 is 0 Å². The van der Waals surface area contributed by atoms with Crippen LogP contribution < -0.4 is 4.35 Å². The van der Waals surface area contributed by atoms with E-state index in [2.05, 4.69) is 0 Å². The molecule has 0 fully saturated rings. The molecule has 10 heavy (non-hydrogen) atoms. The van der Waals surface area contributed by atoms with Crippen LogP contribution in [0.5, 0.6) is 5.75 Å². The van der Waals surface area contributed by atoms with Crippen molar-refractivity contribution in [2.45, 2.75) is 6.92 Å². The van der Waals surface area contributed by atoms with Crippen LogP contribution in [-0.2, 0) is 0 Å². The Kier molecular flexibility index (Phi) is 2.28. The van der Waals surface area contributed by atoms with Gasteiger partial charge in [0.25, 0.3) is 0 Å². The second-order valence-corrected chi connectivity index (χ2v) is 3.82. The fraction of sp³-hybridized carbons (Fsp3) is 0.143. The van der Waals surface area contributed by atoms with Crippen LogP contribution >= 0.6 is 11.6 Å². The van der Waals surface area contributed by atoms with Crippen molar-refractivity contribution in [2.75, 3.05) is 0 Å². The SMILES string of the molecule is Cc1ccc([AsH2])c(Cl)c1O. The van der Waals surface area contributed by atoms with Crippen molar-refractivity contribution in [3.8, 4) is 5.75 Å². The normalized spacial score (nSPS) is 9.90. The number of aryl methyl sites for hydroxylation is 1. The molecule has 1 atom stereocenters. The topological polar surface area (TPSA) is 20.2 Å². The summed E-state index contributed by atoms with van der Waals surface area (Å²) >= 11 is 7.17. The van der Waals surface area contributed by atoms with Crippen LogP contribution in [-0.4, -0.2) is 22.0 Å². The molecule has 0 aromatic heterocycles. The molecule has 1 N–H and O–H groups in total. The maximum atomic E-state index is 9.27. The number of benzene rings is 1. The summed E-state index contributed by atoms with van der Waals surface area (Å²) in [6.45, 7) is 1.83. The van der Waals surface area contributed by atoms with Crippen LogP contribution in [0.15, 0.2) is 12.1 Å². The van der Waals surface area contributed by atoms with Crippen molar-refractivity contribution >= 4 is 32.8 Å². The van der Waals surface area contributed by atoms with Crippen molar-refractivity contribution in [2.24, 2.45) is 0 Å². The van der Waals surface area contributed by atoms with Gasteiger partial charge >= 0.3 is 73.3 Å². The number of phenolic OH excluding ortho intramolecular Hbond substituents is 1. The summed E-state index contributed by atoms with van der Waals surface area (Å²) in [7, 11) is 0. The van der Waals surface area contributed by atoms with Gasteiger partial charge in [-0.2, -0.15) is 0 Å². The molecule has 0 heterocycles. The van der Waals surface area contributed by atoms with Gasteiger partial charge in [0, 0.05) is 0 Å². The molecule has 0 aliphatic heterocycles. The third-order valence-corrected chi connectivity index (χ3v) is 3.14. The molecular formula is C7H8AsClO. The van der Waals surface area contributed by atoms with Crippen molar-refractivity contribution in [1.29, 1.82) is 0 Å². The predicted molar refractivity (Wildman–Crippen MR) is 46.0 cm³/mol. The quantitative estimate of drug-likeness (QED) is 0.633. The predicted octanol–water partition coefficient (Wildman–Crippen LogP) is 0.612. The molecule has 0 radical (unpaired) electrons. The summed E-state index contributed by atoms with van der Waals surface area (Å²) in [6, 6.07) is 3.77. The molecule has 0 saturated heterocycles. The number of rotatable bonds is 0. The Bertz CT molecular complexity index is 233.